The van der Waals surface area contributed by atoms with E-state index in [1.807, 2.05) is 0 Å². The van der Waals surface area contributed by atoms with Gasteiger partial charge in [0.1, 0.15) is 0 Å². The standard InChI is InChI=1S/C18H18ClN3O5S/c1-11-12(2)22-27-17(11)15-7-8-16(26-15)28(24,25)21-10-9-20-18(23)13-5-3-4-6-14(13)19/h3-8,21H,9-10H2,1-2H3,(H,20,23). The normalized spacial score (nSPS) is 11.5. The number of hydrogen-bond acceptors (Lipinski definition) is 6. The number of aryl methyl sites for hydroxylation is 1. The molecule has 3 rings (SSSR count). The molecule has 2 heterocycles. The highest BCUT2D eigenvalue weighted by Gasteiger charge is 2.22. The molecule has 0 saturated carbocycles. The topological polar surface area (TPSA) is 114 Å². The molecule has 0 fully saturated rings. The predicted molar refractivity (Wildman–Crippen MR) is 103 cm³/mol. The lowest BCUT2D eigenvalue weighted by molar-refractivity contribution is 0.0954. The summed E-state index contributed by atoms with van der Waals surface area (Å²) in [5.41, 5.74) is 1.79. The molecule has 0 atom stereocenters. The fourth-order valence-corrected chi connectivity index (χ4v) is 3.59. The molecule has 0 aliphatic heterocycles. The van der Waals surface area contributed by atoms with Crippen molar-refractivity contribution in [3.05, 3.63) is 58.2 Å². The molecule has 3 aromatic rings. The lowest BCUT2D eigenvalue weighted by atomic mass is 10.2. The van der Waals surface area contributed by atoms with E-state index in [1.165, 1.54) is 12.1 Å². The van der Waals surface area contributed by atoms with Gasteiger partial charge >= 0.3 is 0 Å². The average Bonchev–Trinajstić information content (AvgIpc) is 3.27. The Hall–Kier alpha value is -2.62. The molecule has 0 radical (unpaired) electrons. The first-order valence-electron chi connectivity index (χ1n) is 8.35. The number of aromatic nitrogens is 1. The summed E-state index contributed by atoms with van der Waals surface area (Å²) < 4.78 is 37.6. The van der Waals surface area contributed by atoms with E-state index in [2.05, 4.69) is 15.2 Å². The van der Waals surface area contributed by atoms with Gasteiger partial charge in [-0.25, -0.2) is 13.1 Å². The summed E-state index contributed by atoms with van der Waals surface area (Å²) in [6.45, 7) is 3.64. The molecule has 1 aromatic carbocycles. The van der Waals surface area contributed by atoms with Crippen LogP contribution in [0, 0.1) is 13.8 Å². The molecule has 0 aliphatic carbocycles. The van der Waals surface area contributed by atoms with E-state index in [1.54, 1.807) is 38.1 Å². The Morgan fingerprint density at radius 1 is 1.14 bits per heavy atom. The van der Waals surface area contributed by atoms with E-state index in [-0.39, 0.29) is 29.8 Å². The Bertz CT molecular complexity index is 1100. The van der Waals surface area contributed by atoms with E-state index in [0.717, 1.165) is 5.56 Å². The second kappa shape index (κ2) is 8.17. The first-order valence-corrected chi connectivity index (χ1v) is 10.2. The van der Waals surface area contributed by atoms with Crippen molar-refractivity contribution in [1.82, 2.24) is 15.2 Å². The number of halogens is 1. The molecular weight excluding hydrogens is 406 g/mol. The van der Waals surface area contributed by atoms with Gasteiger partial charge in [-0.2, -0.15) is 0 Å². The maximum absolute atomic E-state index is 12.4. The molecule has 2 aromatic heterocycles. The Morgan fingerprint density at radius 2 is 1.89 bits per heavy atom. The average molecular weight is 424 g/mol. The Morgan fingerprint density at radius 3 is 2.57 bits per heavy atom. The van der Waals surface area contributed by atoms with Crippen LogP contribution in [0.2, 0.25) is 5.02 Å². The van der Waals surface area contributed by atoms with Gasteiger partial charge in [-0.15, -0.1) is 0 Å². The molecule has 148 valence electrons. The Balaban J connectivity index is 1.58. The minimum atomic E-state index is -3.88. The van der Waals surface area contributed by atoms with Gasteiger partial charge in [0, 0.05) is 18.7 Å². The maximum Gasteiger partial charge on any atom is 0.274 e. The van der Waals surface area contributed by atoms with Crippen molar-refractivity contribution in [2.75, 3.05) is 13.1 Å². The first-order chi connectivity index (χ1) is 13.3. The lowest BCUT2D eigenvalue weighted by Gasteiger charge is -2.07. The number of nitrogens with one attached hydrogen (secondary N) is 2. The quantitative estimate of drug-likeness (QED) is 0.564. The van der Waals surface area contributed by atoms with Crippen LogP contribution in [0.5, 0.6) is 0 Å². The molecule has 10 heteroatoms. The largest absolute Gasteiger partial charge is 0.440 e. The Labute approximate surface area is 166 Å². The van der Waals surface area contributed by atoms with Crippen molar-refractivity contribution in [1.29, 1.82) is 0 Å². The summed E-state index contributed by atoms with van der Waals surface area (Å²) in [5.74, 6) is 0.262. The van der Waals surface area contributed by atoms with Crippen LogP contribution in [-0.2, 0) is 10.0 Å². The van der Waals surface area contributed by atoms with Gasteiger partial charge in [-0.05, 0) is 38.1 Å². The van der Waals surface area contributed by atoms with E-state index in [4.69, 9.17) is 20.5 Å². The SMILES string of the molecule is Cc1noc(-c2ccc(S(=O)(=O)NCCNC(=O)c3ccccc3Cl)o2)c1C. The molecular formula is C18H18ClN3O5S. The third-order valence-corrected chi connectivity index (χ3v) is 5.71. The minimum Gasteiger partial charge on any atom is -0.440 e. The molecule has 8 nitrogen and oxygen atoms in total. The van der Waals surface area contributed by atoms with Crippen LogP contribution < -0.4 is 10.0 Å². The summed E-state index contributed by atoms with van der Waals surface area (Å²) in [7, 11) is -3.88. The van der Waals surface area contributed by atoms with Crippen molar-refractivity contribution >= 4 is 27.5 Å². The molecule has 0 aliphatic rings. The summed E-state index contributed by atoms with van der Waals surface area (Å²) in [4.78, 5) is 12.0. The van der Waals surface area contributed by atoms with Crippen LogP contribution in [0.1, 0.15) is 21.6 Å². The molecule has 0 spiro atoms. The van der Waals surface area contributed by atoms with Gasteiger partial charge in [0.05, 0.1) is 16.3 Å². The van der Waals surface area contributed by atoms with Gasteiger partial charge in [0.15, 0.2) is 5.76 Å². The lowest BCUT2D eigenvalue weighted by Crippen LogP contribution is -2.34. The van der Waals surface area contributed by atoms with E-state index in [0.29, 0.717) is 22.0 Å². The number of benzene rings is 1. The molecule has 0 unspecified atom stereocenters. The van der Waals surface area contributed by atoms with Crippen LogP contribution in [0.25, 0.3) is 11.5 Å². The molecule has 0 saturated heterocycles. The number of nitrogens with zero attached hydrogens (tertiary/aromatic N) is 1. The first kappa shape index (κ1) is 20.1. The monoisotopic (exact) mass is 423 g/mol. The number of amides is 1. The number of sulfonamides is 1. The van der Waals surface area contributed by atoms with Crippen molar-refractivity contribution < 1.29 is 22.2 Å². The van der Waals surface area contributed by atoms with Gasteiger partial charge in [-0.1, -0.05) is 28.9 Å². The zero-order valence-corrected chi connectivity index (χ0v) is 16.7. The highest BCUT2D eigenvalue weighted by atomic mass is 35.5. The number of rotatable bonds is 7. The fraction of sp³-hybridized carbons (Fsp3) is 0.222. The van der Waals surface area contributed by atoms with Crippen molar-refractivity contribution in [2.24, 2.45) is 0 Å². The molecule has 0 bridgehead atoms. The van der Waals surface area contributed by atoms with Crippen LogP contribution in [0.4, 0.5) is 0 Å². The van der Waals surface area contributed by atoms with Crippen LogP contribution in [0.15, 0.2) is 50.4 Å². The molecule has 2 N–H and O–H groups in total. The highest BCUT2D eigenvalue weighted by Crippen LogP contribution is 2.28. The second-order valence-electron chi connectivity index (χ2n) is 5.97. The maximum atomic E-state index is 12.4. The molecule has 1 amide bonds. The third kappa shape index (κ3) is 4.27. The Kier molecular flexibility index (Phi) is 5.87. The van der Waals surface area contributed by atoms with E-state index < -0.39 is 10.0 Å². The van der Waals surface area contributed by atoms with Crippen LogP contribution >= 0.6 is 11.6 Å². The number of carbonyl (C=O) groups is 1. The minimum absolute atomic E-state index is 0.0188. The fourth-order valence-electron chi connectivity index (χ4n) is 2.40. The second-order valence-corrected chi connectivity index (χ2v) is 8.08. The molecule has 28 heavy (non-hydrogen) atoms. The van der Waals surface area contributed by atoms with Gasteiger partial charge < -0.3 is 14.3 Å². The zero-order chi connectivity index (χ0) is 20.3. The number of hydrogen-bond donors (Lipinski definition) is 2. The van der Waals surface area contributed by atoms with Gasteiger partial charge in [0.25, 0.3) is 15.9 Å². The van der Waals surface area contributed by atoms with Gasteiger partial charge in [0.2, 0.25) is 10.9 Å². The third-order valence-electron chi connectivity index (χ3n) is 4.05. The smallest absolute Gasteiger partial charge is 0.274 e. The van der Waals surface area contributed by atoms with Crippen LogP contribution in [-0.4, -0.2) is 32.6 Å². The van der Waals surface area contributed by atoms with Crippen molar-refractivity contribution in [3.8, 4) is 11.5 Å². The van der Waals surface area contributed by atoms with E-state index in [9.17, 15) is 13.2 Å². The summed E-state index contributed by atoms with van der Waals surface area (Å²) in [6.07, 6.45) is 0. The summed E-state index contributed by atoms with van der Waals surface area (Å²) in [5, 5.41) is 6.49. The highest BCUT2D eigenvalue weighted by molar-refractivity contribution is 7.89. The van der Waals surface area contributed by atoms with Crippen molar-refractivity contribution in [2.45, 2.75) is 18.9 Å². The predicted octanol–water partition coefficient (Wildman–Crippen LogP) is 2.91. The van der Waals surface area contributed by atoms with Crippen molar-refractivity contribution in [3.63, 3.8) is 0 Å². The zero-order valence-electron chi connectivity index (χ0n) is 15.2. The summed E-state index contributed by atoms with van der Waals surface area (Å²) in [6, 6.07) is 9.42. The van der Waals surface area contributed by atoms with Crippen LogP contribution in [0.3, 0.4) is 0 Å². The van der Waals surface area contributed by atoms with Gasteiger partial charge in [-0.3, -0.25) is 4.79 Å². The number of furan rings is 1. The number of carbonyl (C=O) groups excluding carboxylic acids is 1. The summed E-state index contributed by atoms with van der Waals surface area (Å²) >= 11 is 5.95. The van der Waals surface area contributed by atoms with E-state index >= 15 is 0 Å².